The summed E-state index contributed by atoms with van der Waals surface area (Å²) in [5.74, 6) is 2.59. The Balaban J connectivity index is 0.00000338. The molecule has 0 bridgehead atoms. The van der Waals surface area contributed by atoms with E-state index in [0.717, 1.165) is 36.0 Å². The average Bonchev–Trinajstić information content (AvgIpc) is 2.66. The summed E-state index contributed by atoms with van der Waals surface area (Å²) in [4.78, 5) is 4.61. The molecule has 0 saturated heterocycles. The van der Waals surface area contributed by atoms with Gasteiger partial charge in [-0.2, -0.15) is 0 Å². The molecular weight excluding hydrogens is 441 g/mol. The normalized spacial score (nSPS) is 10.6. The van der Waals surface area contributed by atoms with E-state index in [-0.39, 0.29) is 24.0 Å². The Morgan fingerprint density at radius 3 is 2.46 bits per heavy atom. The monoisotopic (exact) mass is 469 g/mol. The van der Waals surface area contributed by atoms with Crippen LogP contribution in [0.2, 0.25) is 0 Å². The van der Waals surface area contributed by atoms with Gasteiger partial charge in [0, 0.05) is 13.1 Å². The van der Waals surface area contributed by atoms with Crippen molar-refractivity contribution in [2.45, 2.75) is 13.3 Å². The number of benzene rings is 2. The Labute approximate surface area is 173 Å². The van der Waals surface area contributed by atoms with Gasteiger partial charge in [-0.3, -0.25) is 4.99 Å². The van der Waals surface area contributed by atoms with E-state index >= 15 is 0 Å². The molecule has 2 rings (SSSR count). The number of guanidine groups is 1. The average molecular weight is 469 g/mol. The standard InChI is InChI=1S/C20H27N3O2.HI/c1-3-21-20(23-15-16-25-18-10-5-4-6-11-18)22-14-13-17-9-7-8-12-19(17)24-2;/h4-12H,3,13-16H2,1-2H3,(H2,21,22,23);1H. The second kappa shape index (κ2) is 13.3. The number of rotatable bonds is 9. The minimum absolute atomic E-state index is 0. The van der Waals surface area contributed by atoms with Crippen LogP contribution in [0.15, 0.2) is 59.6 Å². The van der Waals surface area contributed by atoms with Crippen molar-refractivity contribution in [3.05, 3.63) is 60.2 Å². The third-order valence-corrected chi connectivity index (χ3v) is 3.59. The Bertz CT molecular complexity index is 651. The Morgan fingerprint density at radius 2 is 1.73 bits per heavy atom. The lowest BCUT2D eigenvalue weighted by atomic mass is 10.1. The lowest BCUT2D eigenvalue weighted by molar-refractivity contribution is 0.322. The maximum absolute atomic E-state index is 5.68. The van der Waals surface area contributed by atoms with Crippen LogP contribution < -0.4 is 20.1 Å². The van der Waals surface area contributed by atoms with Gasteiger partial charge in [0.15, 0.2) is 5.96 Å². The highest BCUT2D eigenvalue weighted by Gasteiger charge is 2.02. The van der Waals surface area contributed by atoms with Crippen molar-refractivity contribution in [2.75, 3.05) is 33.4 Å². The van der Waals surface area contributed by atoms with Gasteiger partial charge in [0.25, 0.3) is 0 Å². The number of aliphatic imine (C=N–C) groups is 1. The van der Waals surface area contributed by atoms with Gasteiger partial charge in [-0.15, -0.1) is 24.0 Å². The summed E-state index contributed by atoms with van der Waals surface area (Å²) in [6, 6.07) is 17.8. The second-order valence-corrected chi connectivity index (χ2v) is 5.41. The van der Waals surface area contributed by atoms with Crippen molar-refractivity contribution in [2.24, 2.45) is 4.99 Å². The van der Waals surface area contributed by atoms with Crippen LogP contribution in [0.25, 0.3) is 0 Å². The first-order valence-electron chi connectivity index (χ1n) is 8.65. The van der Waals surface area contributed by atoms with E-state index in [4.69, 9.17) is 9.47 Å². The molecule has 0 saturated carbocycles. The molecule has 0 aliphatic heterocycles. The van der Waals surface area contributed by atoms with Crippen molar-refractivity contribution < 1.29 is 9.47 Å². The van der Waals surface area contributed by atoms with E-state index < -0.39 is 0 Å². The minimum atomic E-state index is 0. The van der Waals surface area contributed by atoms with Crippen LogP contribution in [-0.2, 0) is 6.42 Å². The smallest absolute Gasteiger partial charge is 0.191 e. The maximum Gasteiger partial charge on any atom is 0.191 e. The topological polar surface area (TPSA) is 54.9 Å². The van der Waals surface area contributed by atoms with E-state index in [1.807, 2.05) is 48.5 Å². The van der Waals surface area contributed by atoms with Crippen molar-refractivity contribution in [1.82, 2.24) is 10.6 Å². The fraction of sp³-hybridized carbons (Fsp3) is 0.350. The zero-order valence-electron chi connectivity index (χ0n) is 15.4. The fourth-order valence-electron chi connectivity index (χ4n) is 2.39. The predicted molar refractivity (Wildman–Crippen MR) is 118 cm³/mol. The number of hydrogen-bond acceptors (Lipinski definition) is 3. The molecule has 2 N–H and O–H groups in total. The van der Waals surface area contributed by atoms with E-state index in [9.17, 15) is 0 Å². The van der Waals surface area contributed by atoms with E-state index in [2.05, 4.69) is 28.6 Å². The predicted octanol–water partition coefficient (Wildman–Crippen LogP) is 3.49. The van der Waals surface area contributed by atoms with Crippen molar-refractivity contribution in [3.63, 3.8) is 0 Å². The molecule has 142 valence electrons. The van der Waals surface area contributed by atoms with Gasteiger partial charge in [0.05, 0.1) is 13.7 Å². The SMILES string of the molecule is CCNC(=NCCc1ccccc1OC)NCCOc1ccccc1.I. The first-order valence-corrected chi connectivity index (χ1v) is 8.65. The number of hydrogen-bond donors (Lipinski definition) is 2. The Morgan fingerprint density at radius 1 is 1.00 bits per heavy atom. The summed E-state index contributed by atoms with van der Waals surface area (Å²) < 4.78 is 11.1. The maximum atomic E-state index is 5.68. The van der Waals surface area contributed by atoms with Crippen LogP contribution in [-0.4, -0.2) is 39.3 Å². The molecule has 0 amide bonds. The Hall–Kier alpha value is -1.96. The summed E-state index contributed by atoms with van der Waals surface area (Å²) in [6.45, 7) is 4.84. The van der Waals surface area contributed by atoms with Gasteiger partial charge >= 0.3 is 0 Å². The number of methoxy groups -OCH3 is 1. The van der Waals surface area contributed by atoms with Crippen LogP contribution in [0, 0.1) is 0 Å². The van der Waals surface area contributed by atoms with Gasteiger partial charge in [-0.25, -0.2) is 0 Å². The first-order chi connectivity index (χ1) is 12.3. The molecule has 26 heavy (non-hydrogen) atoms. The molecule has 0 spiro atoms. The molecule has 0 heterocycles. The summed E-state index contributed by atoms with van der Waals surface area (Å²) >= 11 is 0. The van der Waals surface area contributed by atoms with Crippen molar-refractivity contribution in [3.8, 4) is 11.5 Å². The number of ether oxygens (including phenoxy) is 2. The Kier molecular flexibility index (Phi) is 11.3. The summed E-state index contributed by atoms with van der Waals surface area (Å²) in [6.07, 6.45) is 0.834. The summed E-state index contributed by atoms with van der Waals surface area (Å²) in [5.41, 5.74) is 1.16. The van der Waals surface area contributed by atoms with Crippen LogP contribution >= 0.6 is 24.0 Å². The lowest BCUT2D eigenvalue weighted by Gasteiger charge is -2.12. The highest BCUT2D eigenvalue weighted by Crippen LogP contribution is 2.17. The molecule has 0 radical (unpaired) electrons. The third kappa shape index (κ3) is 7.95. The molecule has 0 fully saturated rings. The van der Waals surface area contributed by atoms with Crippen LogP contribution in [0.4, 0.5) is 0 Å². The van der Waals surface area contributed by atoms with Gasteiger partial charge in [-0.05, 0) is 37.1 Å². The highest BCUT2D eigenvalue weighted by atomic mass is 127. The third-order valence-electron chi connectivity index (χ3n) is 3.59. The molecule has 2 aromatic carbocycles. The van der Waals surface area contributed by atoms with Gasteiger partial charge < -0.3 is 20.1 Å². The summed E-state index contributed by atoms with van der Waals surface area (Å²) in [7, 11) is 1.69. The van der Waals surface area contributed by atoms with Crippen molar-refractivity contribution >= 4 is 29.9 Å². The van der Waals surface area contributed by atoms with Crippen LogP contribution in [0.3, 0.4) is 0 Å². The number of halogens is 1. The molecule has 0 unspecified atom stereocenters. The summed E-state index contributed by atoms with van der Waals surface area (Å²) in [5, 5.41) is 6.54. The fourth-order valence-corrected chi connectivity index (χ4v) is 2.39. The number of nitrogens with zero attached hydrogens (tertiary/aromatic N) is 1. The molecular formula is C20H28IN3O2. The molecule has 0 aliphatic rings. The van der Waals surface area contributed by atoms with Gasteiger partial charge in [0.2, 0.25) is 0 Å². The molecule has 0 aromatic heterocycles. The van der Waals surface area contributed by atoms with Crippen LogP contribution in [0.5, 0.6) is 11.5 Å². The number of nitrogens with one attached hydrogen (secondary N) is 2. The minimum Gasteiger partial charge on any atom is -0.496 e. The quantitative estimate of drug-likeness (QED) is 0.256. The molecule has 0 atom stereocenters. The molecule has 5 nitrogen and oxygen atoms in total. The zero-order chi connectivity index (χ0) is 17.7. The van der Waals surface area contributed by atoms with E-state index in [1.54, 1.807) is 7.11 Å². The van der Waals surface area contributed by atoms with E-state index in [0.29, 0.717) is 19.7 Å². The molecule has 2 aromatic rings. The largest absolute Gasteiger partial charge is 0.496 e. The zero-order valence-corrected chi connectivity index (χ0v) is 17.7. The first kappa shape index (κ1) is 22.1. The lowest BCUT2D eigenvalue weighted by Crippen LogP contribution is -2.39. The highest BCUT2D eigenvalue weighted by molar-refractivity contribution is 14.0. The van der Waals surface area contributed by atoms with Gasteiger partial charge in [0.1, 0.15) is 18.1 Å². The number of para-hydroxylation sites is 2. The molecule has 6 heteroatoms. The molecule has 0 aliphatic carbocycles. The van der Waals surface area contributed by atoms with Crippen LogP contribution in [0.1, 0.15) is 12.5 Å². The van der Waals surface area contributed by atoms with Crippen molar-refractivity contribution in [1.29, 1.82) is 0 Å². The van der Waals surface area contributed by atoms with Gasteiger partial charge in [-0.1, -0.05) is 36.4 Å². The van der Waals surface area contributed by atoms with E-state index in [1.165, 1.54) is 0 Å². The second-order valence-electron chi connectivity index (χ2n) is 5.41.